The first-order valence-electron chi connectivity index (χ1n) is 9.33. The number of ether oxygens (including phenoxy) is 1. The molecule has 0 radical (unpaired) electrons. The molecule has 0 bridgehead atoms. The standard InChI is InChI=1S/C21H30N2O2/c1-3-13-22-21(24)16-25-20-12-8-7-11-19(20)15-23-17(2)14-18-9-5-4-6-10-18/h1,7-8,11-12,17-18,23H,4-6,9-10,13-16H2,2H3,(H,22,24). The van der Waals surface area contributed by atoms with Crippen molar-refractivity contribution in [2.24, 2.45) is 5.92 Å². The average molecular weight is 342 g/mol. The van der Waals surface area contributed by atoms with Gasteiger partial charge in [-0.1, -0.05) is 56.2 Å². The van der Waals surface area contributed by atoms with Gasteiger partial charge < -0.3 is 15.4 Å². The Hall–Kier alpha value is -1.99. The van der Waals surface area contributed by atoms with Gasteiger partial charge in [0, 0.05) is 18.2 Å². The molecule has 0 aromatic heterocycles. The van der Waals surface area contributed by atoms with Gasteiger partial charge in [0.1, 0.15) is 5.75 Å². The molecule has 1 aliphatic rings. The average Bonchev–Trinajstić information content (AvgIpc) is 2.64. The Morgan fingerprint density at radius 1 is 1.32 bits per heavy atom. The van der Waals surface area contributed by atoms with Crippen molar-refractivity contribution < 1.29 is 9.53 Å². The van der Waals surface area contributed by atoms with Crippen molar-refractivity contribution in [3.63, 3.8) is 0 Å². The van der Waals surface area contributed by atoms with Gasteiger partial charge in [0.25, 0.3) is 5.91 Å². The third kappa shape index (κ3) is 7.19. The molecule has 25 heavy (non-hydrogen) atoms. The normalized spacial score (nSPS) is 16.0. The van der Waals surface area contributed by atoms with Crippen molar-refractivity contribution in [1.29, 1.82) is 0 Å². The molecule has 2 rings (SSSR count). The van der Waals surface area contributed by atoms with E-state index < -0.39 is 0 Å². The number of benzene rings is 1. The number of rotatable bonds is 9. The second-order valence-corrected chi connectivity index (χ2v) is 6.90. The Morgan fingerprint density at radius 2 is 2.08 bits per heavy atom. The minimum absolute atomic E-state index is 0.0175. The summed E-state index contributed by atoms with van der Waals surface area (Å²) in [7, 11) is 0. The van der Waals surface area contributed by atoms with Gasteiger partial charge in [-0.25, -0.2) is 0 Å². The van der Waals surface area contributed by atoms with Gasteiger partial charge in [0.05, 0.1) is 6.54 Å². The highest BCUT2D eigenvalue weighted by Gasteiger charge is 2.16. The third-order valence-corrected chi connectivity index (χ3v) is 4.77. The molecule has 1 aliphatic carbocycles. The van der Waals surface area contributed by atoms with Gasteiger partial charge >= 0.3 is 0 Å². The Kier molecular flexibility index (Phi) is 8.34. The second-order valence-electron chi connectivity index (χ2n) is 6.90. The molecule has 1 unspecified atom stereocenters. The number of terminal acetylenes is 1. The fourth-order valence-electron chi connectivity index (χ4n) is 3.42. The van der Waals surface area contributed by atoms with Gasteiger partial charge in [-0.15, -0.1) is 6.42 Å². The molecule has 2 N–H and O–H groups in total. The van der Waals surface area contributed by atoms with E-state index in [1.807, 2.05) is 24.3 Å². The molecule has 1 atom stereocenters. The maximum atomic E-state index is 11.6. The predicted molar refractivity (Wildman–Crippen MR) is 101 cm³/mol. The Balaban J connectivity index is 1.79. The van der Waals surface area contributed by atoms with Crippen LogP contribution in [-0.4, -0.2) is 25.1 Å². The highest BCUT2D eigenvalue weighted by atomic mass is 16.5. The number of hydrogen-bond donors (Lipinski definition) is 2. The first-order chi connectivity index (χ1) is 12.2. The lowest BCUT2D eigenvalue weighted by molar-refractivity contribution is -0.122. The third-order valence-electron chi connectivity index (χ3n) is 4.77. The number of amides is 1. The van der Waals surface area contributed by atoms with Crippen LogP contribution in [-0.2, 0) is 11.3 Å². The number of para-hydroxylation sites is 1. The summed E-state index contributed by atoms with van der Waals surface area (Å²) in [6.45, 7) is 3.21. The summed E-state index contributed by atoms with van der Waals surface area (Å²) in [5, 5.41) is 6.20. The predicted octanol–water partition coefficient (Wildman–Crippen LogP) is 3.26. The summed E-state index contributed by atoms with van der Waals surface area (Å²) in [6, 6.07) is 8.33. The zero-order valence-corrected chi connectivity index (χ0v) is 15.2. The van der Waals surface area contributed by atoms with E-state index in [9.17, 15) is 4.79 Å². The van der Waals surface area contributed by atoms with Gasteiger partial charge in [-0.2, -0.15) is 0 Å². The van der Waals surface area contributed by atoms with E-state index in [4.69, 9.17) is 11.2 Å². The molecule has 4 heteroatoms. The summed E-state index contributed by atoms with van der Waals surface area (Å²) >= 11 is 0. The van der Waals surface area contributed by atoms with Gasteiger partial charge in [-0.3, -0.25) is 4.79 Å². The van der Waals surface area contributed by atoms with Crippen molar-refractivity contribution in [2.75, 3.05) is 13.2 Å². The molecule has 4 nitrogen and oxygen atoms in total. The monoisotopic (exact) mass is 342 g/mol. The van der Waals surface area contributed by atoms with E-state index in [0.29, 0.717) is 6.04 Å². The van der Waals surface area contributed by atoms with Crippen LogP contribution < -0.4 is 15.4 Å². The quantitative estimate of drug-likeness (QED) is 0.677. The summed E-state index contributed by atoms with van der Waals surface area (Å²) in [5.74, 6) is 3.78. The topological polar surface area (TPSA) is 50.4 Å². The minimum Gasteiger partial charge on any atom is -0.483 e. The lowest BCUT2D eigenvalue weighted by atomic mass is 9.85. The van der Waals surface area contributed by atoms with Gasteiger partial charge in [0.15, 0.2) is 6.61 Å². The van der Waals surface area contributed by atoms with Crippen molar-refractivity contribution in [2.45, 2.75) is 58.0 Å². The lowest BCUT2D eigenvalue weighted by Crippen LogP contribution is -2.30. The molecule has 1 saturated carbocycles. The fraction of sp³-hybridized carbons (Fsp3) is 0.571. The van der Waals surface area contributed by atoms with Crippen LogP contribution >= 0.6 is 0 Å². The van der Waals surface area contributed by atoms with E-state index >= 15 is 0 Å². The number of carbonyl (C=O) groups is 1. The van der Waals surface area contributed by atoms with Gasteiger partial charge in [0.2, 0.25) is 0 Å². The summed E-state index contributed by atoms with van der Waals surface area (Å²) in [5.41, 5.74) is 1.07. The SMILES string of the molecule is C#CCNC(=O)COc1ccccc1CNC(C)CC1CCCCC1. The van der Waals surface area contributed by atoms with E-state index in [1.165, 1.54) is 38.5 Å². The number of nitrogens with one attached hydrogen (secondary N) is 2. The molecule has 0 spiro atoms. The molecular weight excluding hydrogens is 312 g/mol. The van der Waals surface area contributed by atoms with E-state index in [-0.39, 0.29) is 19.1 Å². The molecule has 1 fully saturated rings. The molecule has 1 aromatic rings. The van der Waals surface area contributed by atoms with E-state index in [1.54, 1.807) is 0 Å². The molecule has 1 aromatic carbocycles. The first-order valence-corrected chi connectivity index (χ1v) is 9.33. The van der Waals surface area contributed by atoms with E-state index in [0.717, 1.165) is 23.8 Å². The Bertz CT molecular complexity index is 574. The Morgan fingerprint density at radius 3 is 2.84 bits per heavy atom. The van der Waals surface area contributed by atoms with Crippen molar-refractivity contribution in [3.8, 4) is 18.1 Å². The van der Waals surface area contributed by atoms with Crippen LogP contribution in [0.25, 0.3) is 0 Å². The maximum Gasteiger partial charge on any atom is 0.258 e. The molecule has 1 amide bonds. The van der Waals surface area contributed by atoms with Crippen LogP contribution in [0.4, 0.5) is 0 Å². The fourth-order valence-corrected chi connectivity index (χ4v) is 3.42. The van der Waals surface area contributed by atoms with Gasteiger partial charge in [-0.05, 0) is 25.3 Å². The van der Waals surface area contributed by atoms with Crippen LogP contribution in [0.1, 0.15) is 51.0 Å². The van der Waals surface area contributed by atoms with Crippen LogP contribution in [0.3, 0.4) is 0 Å². The molecular formula is C21H30N2O2. The zero-order valence-electron chi connectivity index (χ0n) is 15.2. The lowest BCUT2D eigenvalue weighted by Gasteiger charge is -2.25. The van der Waals surface area contributed by atoms with Crippen molar-refractivity contribution >= 4 is 5.91 Å². The van der Waals surface area contributed by atoms with Crippen LogP contribution in [0.5, 0.6) is 5.75 Å². The Labute approximate surface area is 151 Å². The van der Waals surface area contributed by atoms with Crippen molar-refractivity contribution in [1.82, 2.24) is 10.6 Å². The smallest absolute Gasteiger partial charge is 0.258 e. The van der Waals surface area contributed by atoms with E-state index in [2.05, 4.69) is 23.5 Å². The highest BCUT2D eigenvalue weighted by Crippen LogP contribution is 2.27. The van der Waals surface area contributed by atoms with Crippen LogP contribution in [0.15, 0.2) is 24.3 Å². The number of carbonyl (C=O) groups excluding carboxylic acids is 1. The summed E-state index contributed by atoms with van der Waals surface area (Å²) in [4.78, 5) is 11.6. The van der Waals surface area contributed by atoms with Crippen LogP contribution in [0, 0.1) is 18.3 Å². The largest absolute Gasteiger partial charge is 0.483 e. The molecule has 0 aliphatic heterocycles. The zero-order chi connectivity index (χ0) is 17.9. The maximum absolute atomic E-state index is 11.6. The second kappa shape index (κ2) is 10.8. The summed E-state index contributed by atoms with van der Waals surface area (Å²) < 4.78 is 5.66. The minimum atomic E-state index is -0.202. The number of hydrogen-bond acceptors (Lipinski definition) is 3. The van der Waals surface area contributed by atoms with Crippen molar-refractivity contribution in [3.05, 3.63) is 29.8 Å². The first kappa shape index (κ1) is 19.3. The molecule has 136 valence electrons. The molecule has 0 heterocycles. The summed E-state index contributed by atoms with van der Waals surface area (Å²) in [6.07, 6.45) is 13.3. The highest BCUT2D eigenvalue weighted by molar-refractivity contribution is 5.77. The van der Waals surface area contributed by atoms with Crippen LogP contribution in [0.2, 0.25) is 0 Å². The molecule has 0 saturated heterocycles.